The third-order valence-electron chi connectivity index (χ3n) is 5.27. The number of hydrogen-bond donors (Lipinski definition) is 1. The fourth-order valence-electron chi connectivity index (χ4n) is 3.57. The summed E-state index contributed by atoms with van der Waals surface area (Å²) in [6, 6.07) is 23.7. The fourth-order valence-corrected chi connectivity index (χ4v) is 5.15. The number of para-hydroxylation sites is 2. The second kappa shape index (κ2) is 8.81. The van der Waals surface area contributed by atoms with Gasteiger partial charge in [0.15, 0.2) is 6.10 Å². The molecule has 6 nitrogen and oxygen atoms in total. The molecule has 3 aromatic rings. The molecule has 1 aliphatic heterocycles. The van der Waals surface area contributed by atoms with E-state index in [4.69, 9.17) is 4.74 Å². The largest absolute Gasteiger partial charge is 0.476 e. The molecule has 0 saturated heterocycles. The van der Waals surface area contributed by atoms with Crippen molar-refractivity contribution in [1.82, 2.24) is 5.32 Å². The van der Waals surface area contributed by atoms with E-state index in [9.17, 15) is 13.2 Å². The van der Waals surface area contributed by atoms with E-state index in [0.29, 0.717) is 23.5 Å². The lowest BCUT2D eigenvalue weighted by atomic mass is 10.1. The van der Waals surface area contributed by atoms with Crippen LogP contribution in [0.2, 0.25) is 0 Å². The molecule has 0 fully saturated rings. The molecule has 1 heterocycles. The molecule has 0 saturated carbocycles. The predicted octanol–water partition coefficient (Wildman–Crippen LogP) is 3.41. The van der Waals surface area contributed by atoms with Gasteiger partial charge >= 0.3 is 0 Å². The van der Waals surface area contributed by atoms with E-state index in [2.05, 4.69) is 5.32 Å². The third kappa shape index (κ3) is 4.72. The number of sulfonamides is 1. The van der Waals surface area contributed by atoms with Crippen LogP contribution in [-0.4, -0.2) is 27.0 Å². The molecule has 1 unspecified atom stereocenters. The van der Waals surface area contributed by atoms with Crippen LogP contribution in [0.15, 0.2) is 78.9 Å². The lowest BCUT2D eigenvalue weighted by Crippen LogP contribution is -2.50. The minimum Gasteiger partial charge on any atom is -0.476 e. The maximum absolute atomic E-state index is 13.2. The van der Waals surface area contributed by atoms with Crippen molar-refractivity contribution in [3.63, 3.8) is 0 Å². The number of benzene rings is 3. The molecule has 160 valence electrons. The number of rotatable bonds is 6. The van der Waals surface area contributed by atoms with Crippen LogP contribution in [-0.2, 0) is 27.1 Å². The summed E-state index contributed by atoms with van der Waals surface area (Å²) in [6.45, 7) is 2.25. The van der Waals surface area contributed by atoms with Crippen molar-refractivity contribution in [1.29, 1.82) is 0 Å². The topological polar surface area (TPSA) is 75.7 Å². The van der Waals surface area contributed by atoms with Gasteiger partial charge in [0.2, 0.25) is 10.0 Å². The smallest absolute Gasteiger partial charge is 0.263 e. The lowest BCUT2D eigenvalue weighted by Gasteiger charge is -2.34. The molecule has 31 heavy (non-hydrogen) atoms. The molecule has 0 bridgehead atoms. The molecule has 1 aliphatic rings. The van der Waals surface area contributed by atoms with Crippen LogP contribution >= 0.6 is 0 Å². The molecule has 3 aromatic carbocycles. The van der Waals surface area contributed by atoms with Crippen LogP contribution < -0.4 is 14.4 Å². The van der Waals surface area contributed by atoms with Gasteiger partial charge in [0.1, 0.15) is 5.75 Å². The Labute approximate surface area is 182 Å². The second-order valence-corrected chi connectivity index (χ2v) is 9.38. The highest BCUT2D eigenvalue weighted by Gasteiger charge is 2.36. The monoisotopic (exact) mass is 436 g/mol. The number of ether oxygens (including phenoxy) is 1. The fraction of sp³-hybridized carbons (Fsp3) is 0.208. The number of aryl methyl sites for hydroxylation is 1. The highest BCUT2D eigenvalue weighted by atomic mass is 32.2. The van der Waals surface area contributed by atoms with Crippen molar-refractivity contribution < 1.29 is 17.9 Å². The van der Waals surface area contributed by atoms with Gasteiger partial charge in [0.25, 0.3) is 5.91 Å². The minimum absolute atomic E-state index is 0.0776. The Kier molecular flexibility index (Phi) is 5.95. The second-order valence-electron chi connectivity index (χ2n) is 7.49. The molecule has 0 aliphatic carbocycles. The van der Waals surface area contributed by atoms with E-state index in [1.54, 1.807) is 48.5 Å². The van der Waals surface area contributed by atoms with Crippen molar-refractivity contribution in [2.75, 3.05) is 10.8 Å². The van der Waals surface area contributed by atoms with E-state index < -0.39 is 16.1 Å². The van der Waals surface area contributed by atoms with Crippen molar-refractivity contribution in [2.24, 2.45) is 0 Å². The minimum atomic E-state index is -3.72. The zero-order chi connectivity index (χ0) is 21.8. The normalized spacial score (nSPS) is 15.6. The number of amides is 1. The summed E-state index contributed by atoms with van der Waals surface area (Å²) in [5.41, 5.74) is 3.21. The van der Waals surface area contributed by atoms with Crippen LogP contribution in [0.4, 0.5) is 5.69 Å². The van der Waals surface area contributed by atoms with Gasteiger partial charge in [-0.05, 0) is 35.7 Å². The zero-order valence-electron chi connectivity index (χ0n) is 17.2. The number of nitrogens with zero attached hydrogens (tertiary/aromatic N) is 1. The number of anilines is 1. The Morgan fingerprint density at radius 3 is 2.45 bits per heavy atom. The van der Waals surface area contributed by atoms with Gasteiger partial charge in [-0.3, -0.25) is 9.10 Å². The molecule has 4 rings (SSSR count). The summed E-state index contributed by atoms with van der Waals surface area (Å²) in [6.07, 6.45) is -0.940. The maximum atomic E-state index is 13.2. The maximum Gasteiger partial charge on any atom is 0.263 e. The number of nitrogens with one attached hydrogen (secondary N) is 1. The van der Waals surface area contributed by atoms with Gasteiger partial charge in [0, 0.05) is 6.54 Å². The first kappa shape index (κ1) is 20.9. The van der Waals surface area contributed by atoms with Gasteiger partial charge in [-0.15, -0.1) is 0 Å². The molecule has 1 amide bonds. The van der Waals surface area contributed by atoms with Crippen molar-refractivity contribution in [3.05, 3.63) is 95.6 Å². The third-order valence-corrected chi connectivity index (χ3v) is 6.98. The summed E-state index contributed by atoms with van der Waals surface area (Å²) in [7, 11) is -3.72. The molecule has 7 heteroatoms. The first-order chi connectivity index (χ1) is 14.9. The van der Waals surface area contributed by atoms with Crippen LogP contribution in [0.1, 0.15) is 16.7 Å². The standard InChI is InChI=1S/C24H24N2O4S/c1-18-9-5-6-12-20(18)15-25-24(27)23-16-26(21-13-7-8-14-22(21)30-23)31(28,29)17-19-10-3-2-4-11-19/h2-14,23H,15-17H2,1H3,(H,25,27). The summed E-state index contributed by atoms with van der Waals surface area (Å²) < 4.78 is 33.7. The lowest BCUT2D eigenvalue weighted by molar-refractivity contribution is -0.127. The van der Waals surface area contributed by atoms with Crippen LogP contribution in [0.5, 0.6) is 5.75 Å². The van der Waals surface area contributed by atoms with Gasteiger partial charge in [-0.1, -0.05) is 66.7 Å². The summed E-state index contributed by atoms with van der Waals surface area (Å²) >= 11 is 0. The van der Waals surface area contributed by atoms with Crippen LogP contribution in [0.3, 0.4) is 0 Å². The van der Waals surface area contributed by atoms with Crippen molar-refractivity contribution in [3.8, 4) is 5.75 Å². The molecule has 0 radical (unpaired) electrons. The number of carbonyl (C=O) groups is 1. The molecule has 1 atom stereocenters. The molecular weight excluding hydrogens is 412 g/mol. The van der Waals surface area contributed by atoms with Gasteiger partial charge in [-0.25, -0.2) is 8.42 Å². The number of carbonyl (C=O) groups excluding carboxylic acids is 1. The van der Waals surface area contributed by atoms with Gasteiger partial charge in [0.05, 0.1) is 18.0 Å². The Bertz CT molecular complexity index is 1180. The zero-order valence-corrected chi connectivity index (χ0v) is 18.0. The first-order valence-corrected chi connectivity index (χ1v) is 11.7. The predicted molar refractivity (Wildman–Crippen MR) is 120 cm³/mol. The quantitative estimate of drug-likeness (QED) is 0.643. The van der Waals surface area contributed by atoms with E-state index in [0.717, 1.165) is 11.1 Å². The van der Waals surface area contributed by atoms with Crippen molar-refractivity contribution in [2.45, 2.75) is 25.3 Å². The Balaban J connectivity index is 1.55. The van der Waals surface area contributed by atoms with E-state index in [1.807, 2.05) is 37.3 Å². The Morgan fingerprint density at radius 1 is 1.00 bits per heavy atom. The van der Waals surface area contributed by atoms with E-state index in [1.165, 1.54) is 4.31 Å². The molecule has 0 aromatic heterocycles. The van der Waals surface area contributed by atoms with Crippen LogP contribution in [0.25, 0.3) is 0 Å². The first-order valence-electron chi connectivity index (χ1n) is 10.1. The van der Waals surface area contributed by atoms with Gasteiger partial charge < -0.3 is 10.1 Å². The highest BCUT2D eigenvalue weighted by molar-refractivity contribution is 7.92. The summed E-state index contributed by atoms with van der Waals surface area (Å²) in [5.74, 6) is -0.126. The Morgan fingerprint density at radius 2 is 1.68 bits per heavy atom. The highest BCUT2D eigenvalue weighted by Crippen LogP contribution is 2.35. The number of fused-ring (bicyclic) bond motifs is 1. The summed E-state index contributed by atoms with van der Waals surface area (Å²) in [5, 5.41) is 2.88. The van der Waals surface area contributed by atoms with E-state index >= 15 is 0 Å². The molecular formula is C24H24N2O4S. The average Bonchev–Trinajstić information content (AvgIpc) is 2.78. The number of hydrogen-bond acceptors (Lipinski definition) is 4. The van der Waals surface area contributed by atoms with Gasteiger partial charge in [-0.2, -0.15) is 0 Å². The average molecular weight is 437 g/mol. The SMILES string of the molecule is Cc1ccccc1CNC(=O)C1CN(S(=O)(=O)Cc2ccccc2)c2ccccc2O1. The van der Waals surface area contributed by atoms with Crippen LogP contribution in [0, 0.1) is 6.92 Å². The molecule has 1 N–H and O–H groups in total. The van der Waals surface area contributed by atoms with E-state index in [-0.39, 0.29) is 18.2 Å². The molecule has 0 spiro atoms. The summed E-state index contributed by atoms with van der Waals surface area (Å²) in [4.78, 5) is 12.9. The Hall–Kier alpha value is -3.32. The van der Waals surface area contributed by atoms with Crippen molar-refractivity contribution >= 4 is 21.6 Å².